The highest BCUT2D eigenvalue weighted by Crippen LogP contribution is 2.30. The first-order chi connectivity index (χ1) is 11.7. The number of nitrogens with one attached hydrogen (secondary N) is 1. The van der Waals surface area contributed by atoms with Crippen LogP contribution in [0.3, 0.4) is 0 Å². The monoisotopic (exact) mass is 319 g/mol. The lowest BCUT2D eigenvalue weighted by molar-refractivity contribution is -0.117. The van der Waals surface area contributed by atoms with E-state index in [-0.39, 0.29) is 11.8 Å². The van der Waals surface area contributed by atoms with Crippen molar-refractivity contribution in [3.05, 3.63) is 72.3 Å². The van der Waals surface area contributed by atoms with Crippen molar-refractivity contribution in [2.24, 2.45) is 0 Å². The van der Waals surface area contributed by atoms with E-state index in [2.05, 4.69) is 29.6 Å². The molecule has 0 bridgehead atoms. The van der Waals surface area contributed by atoms with Crippen LogP contribution < -0.4 is 10.1 Å². The van der Waals surface area contributed by atoms with Gasteiger partial charge in [0.1, 0.15) is 11.5 Å². The Kier molecular flexibility index (Phi) is 4.80. The average molecular weight is 319 g/mol. The molecule has 122 valence electrons. The van der Waals surface area contributed by atoms with Crippen molar-refractivity contribution in [3.63, 3.8) is 0 Å². The Hall–Kier alpha value is -2.81. The van der Waals surface area contributed by atoms with E-state index in [1.165, 1.54) is 10.8 Å². The van der Waals surface area contributed by atoms with Crippen LogP contribution in [-0.2, 0) is 4.79 Å². The number of methoxy groups -OCH3 is 1. The van der Waals surface area contributed by atoms with Crippen LogP contribution in [0.5, 0.6) is 5.75 Å². The summed E-state index contributed by atoms with van der Waals surface area (Å²) in [5.74, 6) is 0.975. The minimum absolute atomic E-state index is 0.0676. The lowest BCUT2D eigenvalue weighted by Crippen LogP contribution is -2.14. The van der Waals surface area contributed by atoms with Crippen LogP contribution in [0.2, 0.25) is 0 Å². The van der Waals surface area contributed by atoms with Crippen LogP contribution >= 0.6 is 0 Å². The summed E-state index contributed by atoms with van der Waals surface area (Å²) in [7, 11) is 1.65. The van der Waals surface area contributed by atoms with Crippen molar-refractivity contribution in [1.82, 2.24) is 0 Å². The average Bonchev–Trinajstić information content (AvgIpc) is 2.61. The minimum Gasteiger partial charge on any atom is -0.497 e. The molecule has 3 aromatic carbocycles. The molecule has 0 saturated heterocycles. The third-order valence-electron chi connectivity index (χ3n) is 4.12. The topological polar surface area (TPSA) is 38.3 Å². The largest absolute Gasteiger partial charge is 0.497 e. The van der Waals surface area contributed by atoms with Crippen molar-refractivity contribution in [2.75, 3.05) is 12.4 Å². The van der Waals surface area contributed by atoms with Gasteiger partial charge in [-0.15, -0.1) is 0 Å². The molecule has 3 aromatic rings. The third-order valence-corrected chi connectivity index (χ3v) is 4.12. The molecule has 1 atom stereocenters. The zero-order valence-electron chi connectivity index (χ0n) is 14.0. The molecule has 3 rings (SSSR count). The Bertz CT molecular complexity index is 835. The molecule has 0 amide bonds. The number of rotatable bonds is 6. The van der Waals surface area contributed by atoms with E-state index >= 15 is 0 Å². The highest BCUT2D eigenvalue weighted by molar-refractivity contribution is 5.87. The first kappa shape index (κ1) is 16.1. The summed E-state index contributed by atoms with van der Waals surface area (Å²) in [6.07, 6.45) is 0.444. The van der Waals surface area contributed by atoms with Gasteiger partial charge in [0, 0.05) is 12.1 Å². The van der Waals surface area contributed by atoms with Gasteiger partial charge >= 0.3 is 0 Å². The number of ketones is 1. The molecular formula is C21H21NO2. The molecule has 0 radical (unpaired) electrons. The van der Waals surface area contributed by atoms with E-state index in [4.69, 9.17) is 4.74 Å². The molecule has 0 heterocycles. The number of carbonyl (C=O) groups excluding carboxylic acids is 1. The van der Waals surface area contributed by atoms with E-state index in [0.717, 1.165) is 17.0 Å². The maximum Gasteiger partial charge on any atom is 0.132 e. The van der Waals surface area contributed by atoms with E-state index in [0.29, 0.717) is 6.42 Å². The van der Waals surface area contributed by atoms with Gasteiger partial charge in [-0.1, -0.05) is 42.5 Å². The second-order valence-electron chi connectivity index (χ2n) is 5.90. The van der Waals surface area contributed by atoms with Gasteiger partial charge < -0.3 is 10.1 Å². The van der Waals surface area contributed by atoms with Crippen LogP contribution in [0.4, 0.5) is 5.69 Å². The van der Waals surface area contributed by atoms with Gasteiger partial charge in [0.25, 0.3) is 0 Å². The molecule has 0 aromatic heterocycles. The van der Waals surface area contributed by atoms with Crippen molar-refractivity contribution < 1.29 is 9.53 Å². The highest BCUT2D eigenvalue weighted by Gasteiger charge is 2.16. The summed E-state index contributed by atoms with van der Waals surface area (Å²) >= 11 is 0. The number of hydrogen-bond donors (Lipinski definition) is 1. The summed E-state index contributed by atoms with van der Waals surface area (Å²) in [6, 6.07) is 22.2. The van der Waals surface area contributed by atoms with Gasteiger partial charge in [-0.25, -0.2) is 0 Å². The smallest absolute Gasteiger partial charge is 0.132 e. The lowest BCUT2D eigenvalue weighted by atomic mass is 9.95. The fourth-order valence-corrected chi connectivity index (χ4v) is 2.97. The SMILES string of the molecule is COc1ccc(N[C@@H](CC(C)=O)c2cccc3ccccc23)cc1. The Morgan fingerprint density at radius 3 is 2.42 bits per heavy atom. The Morgan fingerprint density at radius 1 is 1.00 bits per heavy atom. The predicted octanol–water partition coefficient (Wildman–Crippen LogP) is 4.98. The first-order valence-electron chi connectivity index (χ1n) is 8.05. The molecular weight excluding hydrogens is 298 g/mol. The molecule has 0 aliphatic heterocycles. The second-order valence-corrected chi connectivity index (χ2v) is 5.90. The summed E-state index contributed by atoms with van der Waals surface area (Å²) in [5, 5.41) is 5.85. The summed E-state index contributed by atoms with van der Waals surface area (Å²) in [5.41, 5.74) is 2.11. The number of ether oxygens (including phenoxy) is 1. The van der Waals surface area contributed by atoms with E-state index in [9.17, 15) is 4.79 Å². The normalized spacial score (nSPS) is 11.9. The van der Waals surface area contributed by atoms with Gasteiger partial charge in [-0.3, -0.25) is 4.79 Å². The lowest BCUT2D eigenvalue weighted by Gasteiger charge is -2.21. The standard InChI is InChI=1S/C21H21NO2/c1-15(23)14-21(22-17-10-12-18(24-2)13-11-17)20-9-5-7-16-6-3-4-8-19(16)20/h3-13,21-22H,14H2,1-2H3/t21-/m0/s1. The summed E-state index contributed by atoms with van der Waals surface area (Å²) < 4.78 is 5.20. The zero-order chi connectivity index (χ0) is 16.9. The molecule has 0 aliphatic carbocycles. The van der Waals surface area contributed by atoms with E-state index in [1.54, 1.807) is 14.0 Å². The van der Waals surface area contributed by atoms with E-state index < -0.39 is 0 Å². The summed E-state index contributed by atoms with van der Waals surface area (Å²) in [6.45, 7) is 1.63. The molecule has 0 saturated carbocycles. The molecule has 1 N–H and O–H groups in total. The fraction of sp³-hybridized carbons (Fsp3) is 0.190. The van der Waals surface area contributed by atoms with Gasteiger partial charge in [0.2, 0.25) is 0 Å². The van der Waals surface area contributed by atoms with Gasteiger partial charge in [-0.05, 0) is 47.5 Å². The van der Waals surface area contributed by atoms with Gasteiger partial charge in [-0.2, -0.15) is 0 Å². The number of carbonyl (C=O) groups is 1. The van der Waals surface area contributed by atoms with Crippen molar-refractivity contribution in [3.8, 4) is 5.75 Å². The van der Waals surface area contributed by atoms with Gasteiger partial charge in [0.05, 0.1) is 13.2 Å². The van der Waals surface area contributed by atoms with Crippen molar-refractivity contribution in [1.29, 1.82) is 0 Å². The molecule has 0 fully saturated rings. The van der Waals surface area contributed by atoms with Gasteiger partial charge in [0.15, 0.2) is 0 Å². The molecule has 24 heavy (non-hydrogen) atoms. The maximum absolute atomic E-state index is 11.8. The minimum atomic E-state index is -0.0676. The molecule has 0 spiro atoms. The van der Waals surface area contributed by atoms with Crippen LogP contribution in [0.25, 0.3) is 10.8 Å². The maximum atomic E-state index is 11.8. The fourth-order valence-electron chi connectivity index (χ4n) is 2.97. The van der Waals surface area contributed by atoms with Crippen molar-refractivity contribution >= 4 is 22.2 Å². The van der Waals surface area contributed by atoms with Crippen LogP contribution in [0.1, 0.15) is 24.9 Å². The molecule has 0 unspecified atom stereocenters. The predicted molar refractivity (Wildman–Crippen MR) is 98.6 cm³/mol. The number of anilines is 1. The van der Waals surface area contributed by atoms with Crippen LogP contribution in [0, 0.1) is 0 Å². The highest BCUT2D eigenvalue weighted by atomic mass is 16.5. The van der Waals surface area contributed by atoms with Crippen molar-refractivity contribution in [2.45, 2.75) is 19.4 Å². The molecule has 3 heteroatoms. The van der Waals surface area contributed by atoms with Crippen LogP contribution in [0.15, 0.2) is 66.7 Å². The Morgan fingerprint density at radius 2 is 1.71 bits per heavy atom. The first-order valence-corrected chi connectivity index (χ1v) is 8.05. The quantitative estimate of drug-likeness (QED) is 0.696. The Labute approximate surface area is 142 Å². The molecule has 0 aliphatic rings. The van der Waals surface area contributed by atoms with Crippen LogP contribution in [-0.4, -0.2) is 12.9 Å². The number of fused-ring (bicyclic) bond motifs is 1. The van der Waals surface area contributed by atoms with E-state index in [1.807, 2.05) is 42.5 Å². The molecule has 3 nitrogen and oxygen atoms in total. The zero-order valence-corrected chi connectivity index (χ0v) is 14.0. The third kappa shape index (κ3) is 3.57. The number of hydrogen-bond acceptors (Lipinski definition) is 3. The number of benzene rings is 3. The second kappa shape index (κ2) is 7.18. The summed E-state index contributed by atoms with van der Waals surface area (Å²) in [4.78, 5) is 11.8. The Balaban J connectivity index is 1.97. The number of Topliss-reactive ketones (excluding diaryl/α,β-unsaturated/α-hetero) is 1.